The van der Waals surface area contributed by atoms with E-state index in [4.69, 9.17) is 5.11 Å². The molecule has 1 amide bonds. The summed E-state index contributed by atoms with van der Waals surface area (Å²) in [5, 5.41) is 8.88. The van der Waals surface area contributed by atoms with Crippen molar-refractivity contribution in [3.05, 3.63) is 48.7 Å². The van der Waals surface area contributed by atoms with Gasteiger partial charge in [-0.15, -0.1) is 0 Å². The summed E-state index contributed by atoms with van der Waals surface area (Å²) in [6.45, 7) is 10.4. The van der Waals surface area contributed by atoms with Gasteiger partial charge >= 0.3 is 5.97 Å². The van der Waals surface area contributed by atoms with Gasteiger partial charge in [0, 0.05) is 5.70 Å². The van der Waals surface area contributed by atoms with E-state index in [1.807, 2.05) is 0 Å². The molecule has 0 spiro atoms. The fraction of sp³-hybridized carbons (Fsp3) is 0.286. The Morgan fingerprint density at radius 3 is 2.33 bits per heavy atom. The maximum absolute atomic E-state index is 12.2. The lowest BCUT2D eigenvalue weighted by molar-refractivity contribution is -0.144. The van der Waals surface area contributed by atoms with Crippen LogP contribution in [0.1, 0.15) is 13.8 Å². The van der Waals surface area contributed by atoms with E-state index in [0.29, 0.717) is 5.70 Å². The predicted octanol–water partition coefficient (Wildman–Crippen LogP) is 2.12. The Labute approximate surface area is 107 Å². The molecule has 1 fully saturated rings. The molecular formula is C14H17NO3. The van der Waals surface area contributed by atoms with Crippen LogP contribution < -0.4 is 0 Å². The third kappa shape index (κ3) is 2.27. The van der Waals surface area contributed by atoms with Crippen molar-refractivity contribution in [3.8, 4) is 0 Å². The molecule has 0 atom stereocenters. The number of carboxylic acid groups (broad SMARTS) is 1. The highest BCUT2D eigenvalue weighted by Crippen LogP contribution is 2.43. The third-order valence-electron chi connectivity index (χ3n) is 2.87. The maximum atomic E-state index is 12.2. The number of hydrogen-bond acceptors (Lipinski definition) is 2. The minimum Gasteiger partial charge on any atom is -0.480 e. The number of allylic oxidation sites excluding steroid dienone is 5. The van der Waals surface area contributed by atoms with Gasteiger partial charge < -0.3 is 10.0 Å². The number of nitrogens with zero attached hydrogens (tertiary/aromatic N) is 1. The van der Waals surface area contributed by atoms with Gasteiger partial charge in [0.2, 0.25) is 5.91 Å². The third-order valence-corrected chi connectivity index (χ3v) is 2.87. The van der Waals surface area contributed by atoms with Crippen LogP contribution in [0.4, 0.5) is 0 Å². The predicted molar refractivity (Wildman–Crippen MR) is 69.7 cm³/mol. The van der Waals surface area contributed by atoms with Crippen LogP contribution in [0.15, 0.2) is 48.7 Å². The van der Waals surface area contributed by atoms with Crippen molar-refractivity contribution in [1.29, 1.82) is 0 Å². The number of carbonyl (C=O) groups is 2. The molecular weight excluding hydrogens is 230 g/mol. The number of amides is 1. The Hall–Kier alpha value is -2.10. The number of carboxylic acids is 1. The van der Waals surface area contributed by atoms with Gasteiger partial charge in [-0.1, -0.05) is 31.4 Å². The SMILES string of the molecule is C=C/C=C1\C(=C/C=C)N(CC(=O)O)C(=O)C1(C)C. The smallest absolute Gasteiger partial charge is 0.323 e. The van der Waals surface area contributed by atoms with Crippen molar-refractivity contribution < 1.29 is 14.7 Å². The van der Waals surface area contributed by atoms with Gasteiger partial charge in [-0.2, -0.15) is 0 Å². The van der Waals surface area contributed by atoms with Crippen LogP contribution in [-0.2, 0) is 9.59 Å². The lowest BCUT2D eigenvalue weighted by atomic mass is 9.85. The lowest BCUT2D eigenvalue weighted by Gasteiger charge is -2.17. The second-order valence-electron chi connectivity index (χ2n) is 4.51. The van der Waals surface area contributed by atoms with Crippen LogP contribution >= 0.6 is 0 Å². The second-order valence-corrected chi connectivity index (χ2v) is 4.51. The van der Waals surface area contributed by atoms with E-state index in [0.717, 1.165) is 5.57 Å². The first-order valence-electron chi connectivity index (χ1n) is 5.56. The summed E-state index contributed by atoms with van der Waals surface area (Å²) >= 11 is 0. The van der Waals surface area contributed by atoms with E-state index < -0.39 is 11.4 Å². The van der Waals surface area contributed by atoms with Gasteiger partial charge in [0.1, 0.15) is 6.54 Å². The van der Waals surface area contributed by atoms with Crippen LogP contribution in [-0.4, -0.2) is 28.4 Å². The Balaban J connectivity index is 3.37. The van der Waals surface area contributed by atoms with Crippen molar-refractivity contribution >= 4 is 11.9 Å². The van der Waals surface area contributed by atoms with Gasteiger partial charge in [0.15, 0.2) is 0 Å². The van der Waals surface area contributed by atoms with E-state index >= 15 is 0 Å². The molecule has 4 nitrogen and oxygen atoms in total. The summed E-state index contributed by atoms with van der Waals surface area (Å²) < 4.78 is 0. The van der Waals surface area contributed by atoms with Gasteiger partial charge in [-0.25, -0.2) is 0 Å². The summed E-state index contributed by atoms with van der Waals surface area (Å²) in [7, 11) is 0. The lowest BCUT2D eigenvalue weighted by Crippen LogP contribution is -2.34. The van der Waals surface area contributed by atoms with Gasteiger partial charge in [0.25, 0.3) is 0 Å². The highest BCUT2D eigenvalue weighted by Gasteiger charge is 2.46. The Kier molecular flexibility index (Phi) is 3.91. The second kappa shape index (κ2) is 5.04. The van der Waals surface area contributed by atoms with Crippen LogP contribution in [0.25, 0.3) is 0 Å². The molecule has 0 aromatic carbocycles. The number of aliphatic carboxylic acids is 1. The van der Waals surface area contributed by atoms with Crippen LogP contribution in [0, 0.1) is 5.41 Å². The molecule has 0 radical (unpaired) electrons. The van der Waals surface area contributed by atoms with E-state index in [-0.39, 0.29) is 12.5 Å². The fourth-order valence-electron chi connectivity index (χ4n) is 2.02. The molecule has 0 aromatic heterocycles. The molecule has 1 aliphatic heterocycles. The number of rotatable bonds is 4. The molecule has 1 aliphatic rings. The van der Waals surface area contributed by atoms with Crippen molar-refractivity contribution in [2.45, 2.75) is 13.8 Å². The Bertz CT molecular complexity index is 469. The largest absolute Gasteiger partial charge is 0.480 e. The standard InChI is InChI=1S/C14H17NO3/c1-5-7-10-11(8-6-2)15(9-12(16)17)13(18)14(10,3)4/h5-8H,1-2,9H2,3-4H3,(H,16,17)/b10-7+,11-8+. The number of hydrogen-bond donors (Lipinski definition) is 1. The molecule has 0 bridgehead atoms. The summed E-state index contributed by atoms with van der Waals surface area (Å²) in [6.07, 6.45) is 6.50. The van der Waals surface area contributed by atoms with Crippen molar-refractivity contribution in [2.24, 2.45) is 5.41 Å². The molecule has 1 heterocycles. The first-order valence-corrected chi connectivity index (χ1v) is 5.56. The molecule has 4 heteroatoms. The molecule has 1 saturated heterocycles. The molecule has 0 aliphatic carbocycles. The molecule has 18 heavy (non-hydrogen) atoms. The van der Waals surface area contributed by atoms with E-state index in [2.05, 4.69) is 13.2 Å². The molecule has 96 valence electrons. The van der Waals surface area contributed by atoms with Gasteiger partial charge in [-0.3, -0.25) is 9.59 Å². The highest BCUT2D eigenvalue weighted by molar-refractivity contribution is 5.95. The van der Waals surface area contributed by atoms with Crippen LogP contribution in [0.3, 0.4) is 0 Å². The molecule has 0 saturated carbocycles. The Morgan fingerprint density at radius 2 is 1.89 bits per heavy atom. The van der Waals surface area contributed by atoms with E-state index in [9.17, 15) is 9.59 Å². The maximum Gasteiger partial charge on any atom is 0.323 e. The normalized spacial score (nSPS) is 22.6. The zero-order chi connectivity index (χ0) is 13.9. The first-order chi connectivity index (χ1) is 8.36. The highest BCUT2D eigenvalue weighted by atomic mass is 16.4. The quantitative estimate of drug-likeness (QED) is 0.827. The van der Waals surface area contributed by atoms with Crippen molar-refractivity contribution in [2.75, 3.05) is 6.54 Å². The summed E-state index contributed by atoms with van der Waals surface area (Å²) in [5.41, 5.74) is 0.573. The average Bonchev–Trinajstić information content (AvgIpc) is 2.43. The monoisotopic (exact) mass is 247 g/mol. The van der Waals surface area contributed by atoms with Crippen LogP contribution in [0.2, 0.25) is 0 Å². The van der Waals surface area contributed by atoms with E-state index in [1.54, 1.807) is 32.1 Å². The Morgan fingerprint density at radius 1 is 1.33 bits per heavy atom. The van der Waals surface area contributed by atoms with Crippen molar-refractivity contribution in [3.63, 3.8) is 0 Å². The van der Waals surface area contributed by atoms with Crippen LogP contribution in [0.5, 0.6) is 0 Å². The minimum atomic E-state index is -1.05. The summed E-state index contributed by atoms with van der Waals surface area (Å²) in [4.78, 5) is 24.3. The van der Waals surface area contributed by atoms with Gasteiger partial charge in [0.05, 0.1) is 5.41 Å². The topological polar surface area (TPSA) is 57.6 Å². The fourth-order valence-corrected chi connectivity index (χ4v) is 2.02. The van der Waals surface area contributed by atoms with Crippen molar-refractivity contribution in [1.82, 2.24) is 4.90 Å². The minimum absolute atomic E-state index is 0.230. The zero-order valence-electron chi connectivity index (χ0n) is 10.6. The van der Waals surface area contributed by atoms with Gasteiger partial charge in [-0.05, 0) is 25.5 Å². The number of likely N-dealkylation sites (tertiary alicyclic amines) is 1. The molecule has 1 rings (SSSR count). The average molecular weight is 247 g/mol. The molecule has 1 N–H and O–H groups in total. The summed E-state index contributed by atoms with van der Waals surface area (Å²) in [5.74, 6) is -1.28. The molecule has 0 unspecified atom stereocenters. The zero-order valence-corrected chi connectivity index (χ0v) is 10.6. The van der Waals surface area contributed by atoms with E-state index in [1.165, 1.54) is 11.0 Å². The molecule has 0 aromatic rings. The first kappa shape index (κ1) is 14.0. The summed E-state index contributed by atoms with van der Waals surface area (Å²) in [6, 6.07) is 0. The number of carbonyl (C=O) groups excluding carboxylic acids is 1.